The van der Waals surface area contributed by atoms with Crippen molar-refractivity contribution in [2.75, 3.05) is 18.5 Å². The molecule has 0 unspecified atom stereocenters. The normalized spacial score (nSPS) is 15.6. The van der Waals surface area contributed by atoms with E-state index < -0.39 is 5.54 Å². The minimum atomic E-state index is -0.721. The first-order valence-electron chi connectivity index (χ1n) is 9.11. The van der Waals surface area contributed by atoms with Crippen LogP contribution in [-0.4, -0.2) is 24.7 Å². The van der Waals surface area contributed by atoms with Crippen molar-refractivity contribution in [2.45, 2.75) is 37.8 Å². The largest absolute Gasteiger partial charge is 0.491 e. The summed E-state index contributed by atoms with van der Waals surface area (Å²) in [6.45, 7) is 1.46. The fourth-order valence-electron chi connectivity index (χ4n) is 3.15. The summed E-state index contributed by atoms with van der Waals surface area (Å²) in [6, 6.07) is 17.3. The molecule has 3 N–H and O–H groups in total. The molecule has 5 heteroatoms. The first kappa shape index (κ1) is 18.4. The molecule has 0 bridgehead atoms. The zero-order valence-electron chi connectivity index (χ0n) is 14.9. The van der Waals surface area contributed by atoms with Crippen LogP contribution < -0.4 is 15.8 Å². The van der Waals surface area contributed by atoms with Crippen molar-refractivity contribution in [2.24, 2.45) is 5.73 Å². The smallest absolute Gasteiger partial charge is 0.244 e. The van der Waals surface area contributed by atoms with Gasteiger partial charge in [-0.3, -0.25) is 4.79 Å². The maximum atomic E-state index is 12.4. The standard InChI is InChI=1S/C21H26N2O3/c22-21(11-4-5-12-21)20(24)23-18-8-6-7-17(15-18)16-25-13-14-26-19-9-2-1-3-10-19/h1-3,6-10,15H,4-5,11-14,16,22H2,(H,23,24). The minimum Gasteiger partial charge on any atom is -0.491 e. The van der Waals surface area contributed by atoms with E-state index in [0.717, 1.165) is 42.7 Å². The highest BCUT2D eigenvalue weighted by atomic mass is 16.5. The van der Waals surface area contributed by atoms with Crippen molar-refractivity contribution in [3.63, 3.8) is 0 Å². The molecule has 2 aromatic rings. The van der Waals surface area contributed by atoms with Crippen molar-refractivity contribution >= 4 is 11.6 Å². The molecule has 3 rings (SSSR count). The molecule has 1 aliphatic rings. The van der Waals surface area contributed by atoms with E-state index in [-0.39, 0.29) is 5.91 Å². The maximum absolute atomic E-state index is 12.4. The van der Waals surface area contributed by atoms with Crippen LogP contribution in [0.25, 0.3) is 0 Å². The third-order valence-electron chi connectivity index (χ3n) is 4.64. The Balaban J connectivity index is 1.43. The Bertz CT molecular complexity index is 712. The lowest BCUT2D eigenvalue weighted by Gasteiger charge is -2.22. The molecule has 0 aliphatic heterocycles. The van der Waals surface area contributed by atoms with E-state index in [1.54, 1.807) is 0 Å². The van der Waals surface area contributed by atoms with E-state index in [2.05, 4.69) is 5.32 Å². The Hall–Kier alpha value is -2.37. The molecule has 0 spiro atoms. The van der Waals surface area contributed by atoms with Gasteiger partial charge in [0.1, 0.15) is 12.4 Å². The van der Waals surface area contributed by atoms with Crippen molar-refractivity contribution in [1.29, 1.82) is 0 Å². The van der Waals surface area contributed by atoms with Gasteiger partial charge in [-0.15, -0.1) is 0 Å². The molecule has 0 radical (unpaired) electrons. The van der Waals surface area contributed by atoms with Crippen LogP contribution in [-0.2, 0) is 16.1 Å². The summed E-state index contributed by atoms with van der Waals surface area (Å²) in [6.07, 6.45) is 3.54. The highest BCUT2D eigenvalue weighted by Crippen LogP contribution is 2.28. The lowest BCUT2D eigenvalue weighted by atomic mass is 9.98. The van der Waals surface area contributed by atoms with E-state index in [1.807, 2.05) is 54.6 Å². The van der Waals surface area contributed by atoms with Crippen LogP contribution in [0.2, 0.25) is 0 Å². The van der Waals surface area contributed by atoms with Crippen LogP contribution in [0.15, 0.2) is 54.6 Å². The molecule has 1 aliphatic carbocycles. The number of para-hydroxylation sites is 1. The molecule has 0 atom stereocenters. The van der Waals surface area contributed by atoms with Gasteiger partial charge in [0, 0.05) is 5.69 Å². The number of hydrogen-bond donors (Lipinski definition) is 2. The van der Waals surface area contributed by atoms with E-state index in [1.165, 1.54) is 0 Å². The van der Waals surface area contributed by atoms with Gasteiger partial charge >= 0.3 is 0 Å². The zero-order chi connectivity index (χ0) is 18.2. The maximum Gasteiger partial charge on any atom is 0.244 e. The predicted molar refractivity (Wildman–Crippen MR) is 102 cm³/mol. The number of carbonyl (C=O) groups is 1. The van der Waals surface area contributed by atoms with Crippen molar-refractivity contribution in [3.8, 4) is 5.75 Å². The number of anilines is 1. The summed E-state index contributed by atoms with van der Waals surface area (Å²) in [5, 5.41) is 2.94. The molecule has 0 heterocycles. The number of ether oxygens (including phenoxy) is 2. The Kier molecular flexibility index (Phi) is 6.26. The van der Waals surface area contributed by atoms with Crippen LogP contribution in [0.3, 0.4) is 0 Å². The van der Waals surface area contributed by atoms with E-state index in [0.29, 0.717) is 19.8 Å². The van der Waals surface area contributed by atoms with Gasteiger partial charge in [0.25, 0.3) is 0 Å². The SMILES string of the molecule is NC1(C(=O)Nc2cccc(COCCOc3ccccc3)c2)CCCC1. The molecule has 138 valence electrons. The molecular formula is C21H26N2O3. The number of nitrogens with one attached hydrogen (secondary N) is 1. The number of nitrogens with two attached hydrogens (primary N) is 1. The average molecular weight is 354 g/mol. The number of rotatable bonds is 8. The number of amides is 1. The number of carbonyl (C=O) groups excluding carboxylic acids is 1. The quantitative estimate of drug-likeness (QED) is 0.712. The minimum absolute atomic E-state index is 0.0932. The fraction of sp³-hybridized carbons (Fsp3) is 0.381. The Labute approximate surface area is 154 Å². The van der Waals surface area contributed by atoms with E-state index in [4.69, 9.17) is 15.2 Å². The van der Waals surface area contributed by atoms with E-state index in [9.17, 15) is 4.79 Å². The highest BCUT2D eigenvalue weighted by Gasteiger charge is 2.36. The number of benzene rings is 2. The third-order valence-corrected chi connectivity index (χ3v) is 4.64. The van der Waals surface area contributed by atoms with Crippen LogP contribution in [0.5, 0.6) is 5.75 Å². The second-order valence-corrected chi connectivity index (χ2v) is 6.73. The van der Waals surface area contributed by atoms with Crippen molar-refractivity contribution < 1.29 is 14.3 Å². The first-order valence-corrected chi connectivity index (χ1v) is 9.11. The second kappa shape index (κ2) is 8.83. The van der Waals surface area contributed by atoms with Gasteiger partial charge in [-0.25, -0.2) is 0 Å². The first-order chi connectivity index (χ1) is 12.7. The Morgan fingerprint density at radius 2 is 1.81 bits per heavy atom. The van der Waals surface area contributed by atoms with Crippen LogP contribution in [0.4, 0.5) is 5.69 Å². The lowest BCUT2D eigenvalue weighted by Crippen LogP contribution is -2.48. The average Bonchev–Trinajstić information content (AvgIpc) is 3.11. The van der Waals surface area contributed by atoms with Crippen molar-refractivity contribution in [3.05, 3.63) is 60.2 Å². The summed E-state index contributed by atoms with van der Waals surface area (Å²) in [5.41, 5.74) is 7.24. The molecule has 26 heavy (non-hydrogen) atoms. The van der Waals surface area contributed by atoms with Gasteiger partial charge in [0.05, 0.1) is 18.8 Å². The molecule has 0 aromatic heterocycles. The molecular weight excluding hydrogens is 328 g/mol. The summed E-state index contributed by atoms with van der Waals surface area (Å²) in [4.78, 5) is 12.4. The van der Waals surface area contributed by atoms with Gasteiger partial charge < -0.3 is 20.5 Å². The summed E-state index contributed by atoms with van der Waals surface area (Å²) >= 11 is 0. The van der Waals surface area contributed by atoms with Crippen LogP contribution >= 0.6 is 0 Å². The van der Waals surface area contributed by atoms with Gasteiger partial charge in [-0.2, -0.15) is 0 Å². The van der Waals surface area contributed by atoms with Gasteiger partial charge in [-0.1, -0.05) is 43.2 Å². The summed E-state index contributed by atoms with van der Waals surface area (Å²) in [7, 11) is 0. The van der Waals surface area contributed by atoms with Crippen molar-refractivity contribution in [1.82, 2.24) is 0 Å². The highest BCUT2D eigenvalue weighted by molar-refractivity contribution is 5.98. The van der Waals surface area contributed by atoms with E-state index >= 15 is 0 Å². The van der Waals surface area contributed by atoms with Crippen LogP contribution in [0, 0.1) is 0 Å². The van der Waals surface area contributed by atoms with Gasteiger partial charge in [0.2, 0.25) is 5.91 Å². The number of hydrogen-bond acceptors (Lipinski definition) is 4. The summed E-state index contributed by atoms with van der Waals surface area (Å²) < 4.78 is 11.3. The van der Waals surface area contributed by atoms with Gasteiger partial charge in [-0.05, 0) is 42.7 Å². The fourth-order valence-corrected chi connectivity index (χ4v) is 3.15. The third kappa shape index (κ3) is 5.07. The second-order valence-electron chi connectivity index (χ2n) is 6.73. The molecule has 1 saturated carbocycles. The topological polar surface area (TPSA) is 73.6 Å². The Morgan fingerprint density at radius 1 is 1.04 bits per heavy atom. The monoisotopic (exact) mass is 354 g/mol. The summed E-state index contributed by atoms with van der Waals surface area (Å²) in [5.74, 6) is 0.743. The molecule has 5 nitrogen and oxygen atoms in total. The zero-order valence-corrected chi connectivity index (χ0v) is 14.9. The lowest BCUT2D eigenvalue weighted by molar-refractivity contribution is -0.121. The molecule has 0 saturated heterocycles. The molecule has 1 amide bonds. The van der Waals surface area contributed by atoms with Crippen LogP contribution in [0.1, 0.15) is 31.2 Å². The van der Waals surface area contributed by atoms with Gasteiger partial charge in [0.15, 0.2) is 0 Å². The Morgan fingerprint density at radius 3 is 2.58 bits per heavy atom. The molecule has 1 fully saturated rings. The molecule has 2 aromatic carbocycles. The predicted octanol–water partition coefficient (Wildman–Crippen LogP) is 3.49.